The van der Waals surface area contributed by atoms with Crippen molar-refractivity contribution < 1.29 is 14.3 Å². The Labute approximate surface area is 152 Å². The molecule has 2 heterocycles. The number of nitrogens with zero attached hydrogens (tertiary/aromatic N) is 3. The highest BCUT2D eigenvalue weighted by Crippen LogP contribution is 2.36. The summed E-state index contributed by atoms with van der Waals surface area (Å²) in [5, 5.41) is 1.77. The fourth-order valence-electron chi connectivity index (χ4n) is 3.84. The maximum Gasteiger partial charge on any atom is 0.261 e. The molecule has 6 nitrogen and oxygen atoms in total. The molecule has 0 aliphatic carbocycles. The van der Waals surface area contributed by atoms with Gasteiger partial charge in [-0.2, -0.15) is 0 Å². The molecule has 1 saturated heterocycles. The van der Waals surface area contributed by atoms with Crippen molar-refractivity contribution in [2.75, 3.05) is 58.4 Å². The van der Waals surface area contributed by atoms with E-state index >= 15 is 0 Å². The van der Waals surface area contributed by atoms with Crippen LogP contribution in [0.25, 0.3) is 10.8 Å². The number of benzene rings is 2. The standard InChI is InChI=1S/C20H23N3O3/c1-21-8-10-22(11-9-21)17-7-6-16-18-14(17)4-3-5-15(18)19(24)23(20(16)25)12-13-26-2/h3-7H,8-13H2,1-2H3. The molecule has 2 aromatic rings. The van der Waals surface area contributed by atoms with Crippen molar-refractivity contribution in [2.24, 2.45) is 0 Å². The molecule has 2 aliphatic heterocycles. The molecule has 0 aromatic heterocycles. The highest BCUT2D eigenvalue weighted by molar-refractivity contribution is 6.26. The van der Waals surface area contributed by atoms with E-state index < -0.39 is 0 Å². The average molecular weight is 353 g/mol. The van der Waals surface area contributed by atoms with Crippen LogP contribution in [0.2, 0.25) is 0 Å². The first-order chi connectivity index (χ1) is 12.6. The number of imide groups is 1. The maximum absolute atomic E-state index is 12.9. The highest BCUT2D eigenvalue weighted by atomic mass is 16.5. The summed E-state index contributed by atoms with van der Waals surface area (Å²) in [5.41, 5.74) is 2.30. The van der Waals surface area contributed by atoms with E-state index in [0.29, 0.717) is 17.7 Å². The van der Waals surface area contributed by atoms with Gasteiger partial charge in [0.1, 0.15) is 0 Å². The molecule has 0 N–H and O–H groups in total. The van der Waals surface area contributed by atoms with E-state index in [2.05, 4.69) is 16.8 Å². The first kappa shape index (κ1) is 17.0. The number of carbonyl (C=O) groups is 2. The summed E-state index contributed by atoms with van der Waals surface area (Å²) in [6, 6.07) is 9.63. The van der Waals surface area contributed by atoms with Crippen LogP contribution in [0.1, 0.15) is 20.7 Å². The van der Waals surface area contributed by atoms with Gasteiger partial charge in [0.15, 0.2) is 0 Å². The summed E-state index contributed by atoms with van der Waals surface area (Å²) in [4.78, 5) is 31.7. The molecule has 1 fully saturated rings. The van der Waals surface area contributed by atoms with Crippen LogP contribution in [0.4, 0.5) is 5.69 Å². The smallest absolute Gasteiger partial charge is 0.261 e. The van der Waals surface area contributed by atoms with Crippen LogP contribution in [-0.2, 0) is 4.74 Å². The molecule has 0 spiro atoms. The van der Waals surface area contributed by atoms with E-state index in [0.717, 1.165) is 42.6 Å². The van der Waals surface area contributed by atoms with Gasteiger partial charge < -0.3 is 14.5 Å². The zero-order chi connectivity index (χ0) is 18.3. The number of piperazine rings is 1. The molecule has 2 aromatic carbocycles. The quantitative estimate of drug-likeness (QED) is 0.785. The normalized spacial score (nSPS) is 18.1. The zero-order valence-electron chi connectivity index (χ0n) is 15.2. The summed E-state index contributed by atoms with van der Waals surface area (Å²) >= 11 is 0. The number of rotatable bonds is 4. The van der Waals surface area contributed by atoms with Gasteiger partial charge >= 0.3 is 0 Å². The van der Waals surface area contributed by atoms with Crippen molar-refractivity contribution >= 4 is 28.3 Å². The minimum absolute atomic E-state index is 0.235. The van der Waals surface area contributed by atoms with Gasteiger partial charge in [-0.3, -0.25) is 14.5 Å². The predicted molar refractivity (Wildman–Crippen MR) is 101 cm³/mol. The van der Waals surface area contributed by atoms with E-state index in [1.165, 1.54) is 4.90 Å². The lowest BCUT2D eigenvalue weighted by atomic mass is 9.92. The lowest BCUT2D eigenvalue weighted by Gasteiger charge is -2.35. The molecule has 2 amide bonds. The Bertz CT molecular complexity index is 850. The van der Waals surface area contributed by atoms with Crippen LogP contribution in [0.15, 0.2) is 30.3 Å². The Morgan fingerprint density at radius 3 is 2.35 bits per heavy atom. The second-order valence-corrected chi connectivity index (χ2v) is 6.91. The van der Waals surface area contributed by atoms with Crippen molar-refractivity contribution in [1.82, 2.24) is 9.80 Å². The van der Waals surface area contributed by atoms with Crippen molar-refractivity contribution in [1.29, 1.82) is 0 Å². The fraction of sp³-hybridized carbons (Fsp3) is 0.400. The van der Waals surface area contributed by atoms with Gasteiger partial charge in [0.05, 0.1) is 13.2 Å². The Morgan fingerprint density at radius 2 is 1.65 bits per heavy atom. The van der Waals surface area contributed by atoms with Crippen molar-refractivity contribution in [3.63, 3.8) is 0 Å². The Balaban J connectivity index is 1.81. The number of amides is 2. The Hall–Kier alpha value is -2.44. The van der Waals surface area contributed by atoms with E-state index in [1.807, 2.05) is 30.3 Å². The number of carbonyl (C=O) groups excluding carboxylic acids is 2. The fourth-order valence-corrected chi connectivity index (χ4v) is 3.84. The average Bonchev–Trinajstić information content (AvgIpc) is 2.66. The van der Waals surface area contributed by atoms with E-state index in [1.54, 1.807) is 7.11 Å². The highest BCUT2D eigenvalue weighted by Gasteiger charge is 2.33. The third-order valence-electron chi connectivity index (χ3n) is 5.33. The molecule has 0 unspecified atom stereocenters. The van der Waals surface area contributed by atoms with Gasteiger partial charge in [-0.05, 0) is 25.2 Å². The number of hydrogen-bond donors (Lipinski definition) is 0. The van der Waals surface area contributed by atoms with Gasteiger partial charge in [0.2, 0.25) is 0 Å². The lowest BCUT2D eigenvalue weighted by molar-refractivity contribution is 0.0560. The van der Waals surface area contributed by atoms with Gasteiger partial charge in [-0.1, -0.05) is 12.1 Å². The van der Waals surface area contributed by atoms with Crippen molar-refractivity contribution in [3.8, 4) is 0 Å². The van der Waals surface area contributed by atoms with Gasteiger partial charge in [-0.15, -0.1) is 0 Å². The number of methoxy groups -OCH3 is 1. The zero-order valence-corrected chi connectivity index (χ0v) is 15.2. The molecular weight excluding hydrogens is 330 g/mol. The predicted octanol–water partition coefficient (Wildman–Crippen LogP) is 1.83. The second-order valence-electron chi connectivity index (χ2n) is 6.91. The van der Waals surface area contributed by atoms with E-state index in [9.17, 15) is 9.59 Å². The molecule has 26 heavy (non-hydrogen) atoms. The van der Waals surface area contributed by atoms with Crippen molar-refractivity contribution in [2.45, 2.75) is 0 Å². The van der Waals surface area contributed by atoms with Crippen LogP contribution in [-0.4, -0.2) is 75.1 Å². The first-order valence-electron chi connectivity index (χ1n) is 8.96. The molecule has 0 atom stereocenters. The van der Waals surface area contributed by atoms with Crippen molar-refractivity contribution in [3.05, 3.63) is 41.5 Å². The van der Waals surface area contributed by atoms with Crippen LogP contribution >= 0.6 is 0 Å². The largest absolute Gasteiger partial charge is 0.383 e. The first-order valence-corrected chi connectivity index (χ1v) is 8.96. The number of likely N-dealkylation sites (N-methyl/N-ethyl adjacent to an activating group) is 1. The van der Waals surface area contributed by atoms with Crippen LogP contribution < -0.4 is 4.90 Å². The molecule has 2 aliphatic rings. The third kappa shape index (κ3) is 2.66. The lowest BCUT2D eigenvalue weighted by Crippen LogP contribution is -2.45. The number of hydrogen-bond acceptors (Lipinski definition) is 5. The van der Waals surface area contributed by atoms with Gasteiger partial charge in [-0.25, -0.2) is 0 Å². The van der Waals surface area contributed by atoms with E-state index in [4.69, 9.17) is 4.74 Å². The summed E-state index contributed by atoms with van der Waals surface area (Å²) < 4.78 is 5.05. The summed E-state index contributed by atoms with van der Waals surface area (Å²) in [6.07, 6.45) is 0. The maximum atomic E-state index is 12.9. The summed E-state index contributed by atoms with van der Waals surface area (Å²) in [5.74, 6) is -0.471. The van der Waals surface area contributed by atoms with Crippen LogP contribution in [0.5, 0.6) is 0 Å². The van der Waals surface area contributed by atoms with Crippen LogP contribution in [0, 0.1) is 0 Å². The molecule has 136 valence electrons. The monoisotopic (exact) mass is 353 g/mol. The third-order valence-corrected chi connectivity index (χ3v) is 5.33. The number of anilines is 1. The minimum Gasteiger partial charge on any atom is -0.383 e. The molecule has 0 radical (unpaired) electrons. The minimum atomic E-state index is -0.235. The topological polar surface area (TPSA) is 53.1 Å². The van der Waals surface area contributed by atoms with Crippen LogP contribution in [0.3, 0.4) is 0 Å². The molecule has 6 heteroatoms. The summed E-state index contributed by atoms with van der Waals surface area (Å²) in [6.45, 7) is 4.50. The number of ether oxygens (including phenoxy) is 1. The van der Waals surface area contributed by atoms with Gasteiger partial charge in [0, 0.05) is 60.9 Å². The van der Waals surface area contributed by atoms with E-state index in [-0.39, 0.29) is 18.4 Å². The molecule has 0 bridgehead atoms. The Kier molecular flexibility index (Phi) is 4.38. The molecular formula is C20H23N3O3. The van der Waals surface area contributed by atoms with Gasteiger partial charge in [0.25, 0.3) is 11.8 Å². The Morgan fingerprint density at radius 1 is 0.962 bits per heavy atom. The SMILES string of the molecule is COCCN1C(=O)c2cccc3c(N4CCN(C)CC4)ccc(c23)C1=O. The second kappa shape index (κ2) is 6.70. The summed E-state index contributed by atoms with van der Waals surface area (Å²) in [7, 11) is 3.69. The molecule has 4 rings (SSSR count). The molecule has 0 saturated carbocycles.